The van der Waals surface area contributed by atoms with E-state index in [2.05, 4.69) is 244 Å². The van der Waals surface area contributed by atoms with Crippen molar-refractivity contribution in [1.29, 1.82) is 0 Å². The Kier molecular flexibility index (Phi) is 8.77. The average Bonchev–Trinajstić information content (AvgIpc) is 3.74. The number of anilines is 3. The number of benzene rings is 11. The van der Waals surface area contributed by atoms with Crippen molar-refractivity contribution in [2.45, 2.75) is 26.2 Å². The third-order valence-corrected chi connectivity index (χ3v) is 13.1. The summed E-state index contributed by atoms with van der Waals surface area (Å²) in [4.78, 5) is 2.35. The van der Waals surface area contributed by atoms with Crippen molar-refractivity contribution in [2.24, 2.45) is 0 Å². The van der Waals surface area contributed by atoms with Gasteiger partial charge in [-0.1, -0.05) is 178 Å². The van der Waals surface area contributed by atoms with Gasteiger partial charge in [0.05, 0.1) is 5.69 Å². The van der Waals surface area contributed by atoms with Crippen molar-refractivity contribution in [3.05, 3.63) is 224 Å². The summed E-state index contributed by atoms with van der Waals surface area (Å²) in [7, 11) is 0. The number of hydrogen-bond donors (Lipinski definition) is 0. The van der Waals surface area contributed by atoms with Crippen LogP contribution in [0.5, 0.6) is 0 Å². The monoisotopic (exact) mass is 819 g/mol. The molecule has 1 aromatic heterocycles. The van der Waals surface area contributed by atoms with Gasteiger partial charge in [0.1, 0.15) is 5.58 Å². The van der Waals surface area contributed by atoms with E-state index in [9.17, 15) is 0 Å². The van der Waals surface area contributed by atoms with Gasteiger partial charge in [-0.2, -0.15) is 0 Å². The molecule has 11 aromatic carbocycles. The molecular weight excluding hydrogens is 775 g/mol. The summed E-state index contributed by atoms with van der Waals surface area (Å²) >= 11 is 0. The lowest BCUT2D eigenvalue weighted by molar-refractivity contribution is 0.573. The Morgan fingerprint density at radius 2 is 0.734 bits per heavy atom. The molecule has 0 saturated heterocycles. The number of fused-ring (bicyclic) bond motifs is 8. The topological polar surface area (TPSA) is 16.4 Å². The minimum absolute atomic E-state index is 0.118. The maximum Gasteiger partial charge on any atom is 0.159 e. The Morgan fingerprint density at radius 1 is 0.328 bits per heavy atom. The molecule has 2 heteroatoms. The van der Waals surface area contributed by atoms with Crippen molar-refractivity contribution >= 4 is 82.1 Å². The van der Waals surface area contributed by atoms with Crippen LogP contribution in [0.4, 0.5) is 17.1 Å². The molecule has 0 radical (unpaired) electrons. The van der Waals surface area contributed by atoms with Crippen LogP contribution < -0.4 is 4.90 Å². The van der Waals surface area contributed by atoms with Crippen molar-refractivity contribution < 1.29 is 4.42 Å². The summed E-state index contributed by atoms with van der Waals surface area (Å²) in [5.74, 6) is 0. The number of rotatable bonds is 6. The fourth-order valence-corrected chi connectivity index (χ4v) is 9.74. The van der Waals surface area contributed by atoms with Crippen LogP contribution in [0.1, 0.15) is 26.3 Å². The van der Waals surface area contributed by atoms with E-state index in [0.717, 1.165) is 33.6 Å². The second-order valence-electron chi connectivity index (χ2n) is 18.2. The third-order valence-electron chi connectivity index (χ3n) is 13.1. The third kappa shape index (κ3) is 6.50. The Bertz CT molecular complexity index is 3750. The standard InChI is InChI=1S/C62H45NO/c1-62(2,3)57-39-52-15-8-9-16-55(52)59-56-17-10-18-58(60(56)64-61(57)59)63(53-31-27-42(28-32-53)46-21-19-40-11-4-6-13-44(40)35-46)54-33-29-43(30-34-54)47-23-24-50-38-51(26-25-49(50)37-47)48-22-20-41-12-5-7-14-45(41)36-48/h4-39H,1-3H3. The first kappa shape index (κ1) is 37.8. The molecule has 0 spiro atoms. The predicted octanol–water partition coefficient (Wildman–Crippen LogP) is 18.0. The average molecular weight is 820 g/mol. The lowest BCUT2D eigenvalue weighted by Gasteiger charge is -2.26. The van der Waals surface area contributed by atoms with E-state index >= 15 is 0 Å². The van der Waals surface area contributed by atoms with Gasteiger partial charge < -0.3 is 9.32 Å². The molecule has 0 N–H and O–H groups in total. The maximum absolute atomic E-state index is 7.15. The zero-order valence-corrected chi connectivity index (χ0v) is 36.1. The van der Waals surface area contributed by atoms with Crippen LogP contribution in [0.15, 0.2) is 223 Å². The van der Waals surface area contributed by atoms with Gasteiger partial charge in [-0.05, 0) is 143 Å². The molecule has 0 saturated carbocycles. The molecule has 1 heterocycles. The van der Waals surface area contributed by atoms with Gasteiger partial charge in [-0.25, -0.2) is 0 Å². The molecule has 0 aliphatic heterocycles. The molecule has 304 valence electrons. The summed E-state index contributed by atoms with van der Waals surface area (Å²) in [5, 5.41) is 12.2. The quantitative estimate of drug-likeness (QED) is 0.166. The molecule has 12 aromatic rings. The molecule has 2 nitrogen and oxygen atoms in total. The Balaban J connectivity index is 0.964. The van der Waals surface area contributed by atoms with Crippen LogP contribution in [0, 0.1) is 0 Å². The molecule has 12 rings (SSSR count). The number of para-hydroxylation sites is 1. The smallest absolute Gasteiger partial charge is 0.159 e. The first-order valence-corrected chi connectivity index (χ1v) is 22.2. The molecule has 0 atom stereocenters. The molecule has 0 aliphatic carbocycles. The van der Waals surface area contributed by atoms with Crippen LogP contribution in [-0.2, 0) is 5.41 Å². The normalized spacial score (nSPS) is 12.0. The highest BCUT2D eigenvalue weighted by Gasteiger charge is 2.26. The molecule has 64 heavy (non-hydrogen) atoms. The van der Waals surface area contributed by atoms with Crippen molar-refractivity contribution in [3.63, 3.8) is 0 Å². The number of furan rings is 1. The summed E-state index contributed by atoms with van der Waals surface area (Å²) in [6.07, 6.45) is 0. The van der Waals surface area contributed by atoms with Crippen LogP contribution in [0.3, 0.4) is 0 Å². The molecule has 0 unspecified atom stereocenters. The second kappa shape index (κ2) is 14.9. The predicted molar refractivity (Wildman–Crippen MR) is 273 cm³/mol. The van der Waals surface area contributed by atoms with E-state index in [1.807, 2.05) is 0 Å². The first-order chi connectivity index (χ1) is 31.3. The lowest BCUT2D eigenvalue weighted by Crippen LogP contribution is -2.11. The van der Waals surface area contributed by atoms with Crippen LogP contribution in [0.25, 0.3) is 98.4 Å². The zero-order chi connectivity index (χ0) is 42.9. The SMILES string of the molecule is CC(C)(C)c1cc2ccccc2c2c1oc1c(N(c3ccc(-c4ccc5ccccc5c4)cc3)c3ccc(-c4ccc5cc(-c6ccc7ccccc7c6)ccc5c4)cc3)cccc12. The molecule has 0 amide bonds. The first-order valence-electron chi connectivity index (χ1n) is 22.2. The van der Waals surface area contributed by atoms with E-state index in [1.165, 1.54) is 87.4 Å². The molecule has 0 aliphatic rings. The van der Waals surface area contributed by atoms with Crippen LogP contribution in [-0.4, -0.2) is 0 Å². The minimum Gasteiger partial charge on any atom is -0.454 e. The van der Waals surface area contributed by atoms with E-state index in [0.29, 0.717) is 0 Å². The highest BCUT2D eigenvalue weighted by Crippen LogP contribution is 2.47. The van der Waals surface area contributed by atoms with E-state index < -0.39 is 0 Å². The minimum atomic E-state index is -0.118. The summed E-state index contributed by atoms with van der Waals surface area (Å²) in [5.41, 5.74) is 13.2. The lowest BCUT2D eigenvalue weighted by atomic mass is 9.84. The summed E-state index contributed by atoms with van der Waals surface area (Å²) < 4.78 is 7.15. The largest absolute Gasteiger partial charge is 0.454 e. The van der Waals surface area contributed by atoms with Gasteiger partial charge in [-0.3, -0.25) is 0 Å². The van der Waals surface area contributed by atoms with Crippen LogP contribution >= 0.6 is 0 Å². The van der Waals surface area contributed by atoms with Gasteiger partial charge in [0, 0.05) is 27.7 Å². The Morgan fingerprint density at radius 3 is 1.25 bits per heavy atom. The van der Waals surface area contributed by atoms with Gasteiger partial charge in [0.2, 0.25) is 0 Å². The van der Waals surface area contributed by atoms with Gasteiger partial charge >= 0.3 is 0 Å². The van der Waals surface area contributed by atoms with E-state index in [-0.39, 0.29) is 5.41 Å². The Labute approximate surface area is 373 Å². The fraction of sp³-hybridized carbons (Fsp3) is 0.0645. The molecule has 0 bridgehead atoms. The number of nitrogens with zero attached hydrogens (tertiary/aromatic N) is 1. The second-order valence-corrected chi connectivity index (χ2v) is 18.2. The highest BCUT2D eigenvalue weighted by atomic mass is 16.3. The van der Waals surface area contributed by atoms with Gasteiger partial charge in [0.25, 0.3) is 0 Å². The number of hydrogen-bond acceptors (Lipinski definition) is 2. The highest BCUT2D eigenvalue weighted by molar-refractivity contribution is 6.22. The summed E-state index contributed by atoms with van der Waals surface area (Å²) in [6, 6.07) is 79.7. The fourth-order valence-electron chi connectivity index (χ4n) is 9.74. The Hall–Kier alpha value is -7.94. The van der Waals surface area contributed by atoms with Crippen molar-refractivity contribution in [2.75, 3.05) is 4.90 Å². The van der Waals surface area contributed by atoms with E-state index in [1.54, 1.807) is 0 Å². The zero-order valence-electron chi connectivity index (χ0n) is 36.1. The van der Waals surface area contributed by atoms with Gasteiger partial charge in [0.15, 0.2) is 5.58 Å². The summed E-state index contributed by atoms with van der Waals surface area (Å²) in [6.45, 7) is 6.82. The van der Waals surface area contributed by atoms with Crippen molar-refractivity contribution in [1.82, 2.24) is 0 Å². The van der Waals surface area contributed by atoms with E-state index in [4.69, 9.17) is 4.42 Å². The van der Waals surface area contributed by atoms with Gasteiger partial charge in [-0.15, -0.1) is 0 Å². The molecule has 0 fully saturated rings. The maximum atomic E-state index is 7.15. The van der Waals surface area contributed by atoms with Crippen LogP contribution in [0.2, 0.25) is 0 Å². The molecular formula is C62H45NO. The van der Waals surface area contributed by atoms with Crippen molar-refractivity contribution in [3.8, 4) is 33.4 Å².